The number of nitro benzene ring substituents is 1. The Morgan fingerprint density at radius 1 is 1.36 bits per heavy atom. The number of nitro groups is 1. The Morgan fingerprint density at radius 3 is 2.72 bits per heavy atom. The molecule has 1 aliphatic rings. The third-order valence-corrected chi connectivity index (χ3v) is 5.00. The lowest BCUT2D eigenvalue weighted by molar-refractivity contribution is -0.384. The summed E-state index contributed by atoms with van der Waals surface area (Å²) in [5.74, 6) is 0.599. The molecule has 1 fully saturated rings. The maximum absolute atomic E-state index is 12.6. The molecule has 132 valence electrons. The molecule has 1 aliphatic heterocycles. The molecule has 2 aromatic rings. The molecule has 0 N–H and O–H groups in total. The molecule has 8 heteroatoms. The van der Waals surface area contributed by atoms with Crippen LogP contribution in [0, 0.1) is 16.0 Å². The quantitative estimate of drug-likeness (QED) is 0.614. The Morgan fingerprint density at radius 2 is 2.08 bits per heavy atom. The molecule has 1 aromatic heterocycles. The summed E-state index contributed by atoms with van der Waals surface area (Å²) >= 11 is 6.33. The average molecular weight is 363 g/mol. The number of anilines is 1. The monoisotopic (exact) mass is 362 g/mol. The number of halogens is 1. The Balaban J connectivity index is 1.92. The van der Waals surface area contributed by atoms with Crippen molar-refractivity contribution in [1.82, 2.24) is 9.78 Å². The van der Waals surface area contributed by atoms with Gasteiger partial charge in [-0.05, 0) is 30.9 Å². The van der Waals surface area contributed by atoms with Gasteiger partial charge in [0.05, 0.1) is 22.5 Å². The molecule has 2 heterocycles. The minimum absolute atomic E-state index is 0.0431. The molecule has 3 rings (SSSR count). The van der Waals surface area contributed by atoms with E-state index in [9.17, 15) is 14.9 Å². The van der Waals surface area contributed by atoms with E-state index in [2.05, 4.69) is 16.9 Å². The number of hydrogen-bond donors (Lipinski definition) is 0. The van der Waals surface area contributed by atoms with Gasteiger partial charge >= 0.3 is 0 Å². The van der Waals surface area contributed by atoms with E-state index in [0.29, 0.717) is 17.3 Å². The van der Waals surface area contributed by atoms with Crippen LogP contribution < -0.4 is 10.5 Å². The summed E-state index contributed by atoms with van der Waals surface area (Å²) in [6, 6.07) is 5.64. The van der Waals surface area contributed by atoms with Crippen LogP contribution in [0.3, 0.4) is 0 Å². The maximum Gasteiger partial charge on any atom is 0.292 e. The number of aromatic nitrogens is 2. The lowest BCUT2D eigenvalue weighted by atomic mass is 9.95. The molecule has 1 atom stereocenters. The molecule has 0 spiro atoms. The van der Waals surface area contributed by atoms with Crippen molar-refractivity contribution in [2.45, 2.75) is 26.2 Å². The number of piperidine rings is 1. The van der Waals surface area contributed by atoms with E-state index >= 15 is 0 Å². The van der Waals surface area contributed by atoms with Gasteiger partial charge in [-0.3, -0.25) is 14.9 Å². The van der Waals surface area contributed by atoms with E-state index in [1.807, 2.05) is 0 Å². The highest BCUT2D eigenvalue weighted by Crippen LogP contribution is 2.28. The zero-order valence-corrected chi connectivity index (χ0v) is 14.6. The first kappa shape index (κ1) is 17.4. The Kier molecular flexibility index (Phi) is 5.03. The van der Waals surface area contributed by atoms with Crippen LogP contribution in [-0.4, -0.2) is 27.8 Å². The van der Waals surface area contributed by atoms with Gasteiger partial charge in [0.2, 0.25) is 0 Å². The Labute approximate surface area is 150 Å². The van der Waals surface area contributed by atoms with Gasteiger partial charge in [-0.1, -0.05) is 24.9 Å². The molecule has 1 unspecified atom stereocenters. The predicted octanol–water partition coefficient (Wildman–Crippen LogP) is 3.42. The van der Waals surface area contributed by atoms with E-state index < -0.39 is 10.5 Å². The van der Waals surface area contributed by atoms with Crippen molar-refractivity contribution in [3.8, 4) is 5.69 Å². The van der Waals surface area contributed by atoms with E-state index in [1.165, 1.54) is 30.7 Å². The average Bonchev–Trinajstić information content (AvgIpc) is 2.64. The second-order valence-electron chi connectivity index (χ2n) is 6.20. The Hall–Kier alpha value is -2.41. The topological polar surface area (TPSA) is 81.3 Å². The highest BCUT2D eigenvalue weighted by molar-refractivity contribution is 6.33. The molecule has 7 nitrogen and oxygen atoms in total. The first-order valence-corrected chi connectivity index (χ1v) is 8.66. The third-order valence-electron chi connectivity index (χ3n) is 4.64. The fourth-order valence-electron chi connectivity index (χ4n) is 3.16. The van der Waals surface area contributed by atoms with Crippen LogP contribution in [0.25, 0.3) is 5.69 Å². The number of nitrogens with zero attached hydrogens (tertiary/aromatic N) is 4. The summed E-state index contributed by atoms with van der Waals surface area (Å²) in [6.45, 7) is 3.90. The number of rotatable bonds is 4. The van der Waals surface area contributed by atoms with Crippen molar-refractivity contribution in [1.29, 1.82) is 0 Å². The smallest absolute Gasteiger partial charge is 0.292 e. The first-order chi connectivity index (χ1) is 12.0. The van der Waals surface area contributed by atoms with Crippen molar-refractivity contribution in [2.75, 3.05) is 18.0 Å². The summed E-state index contributed by atoms with van der Waals surface area (Å²) in [5.41, 5.74) is 0.627. The summed E-state index contributed by atoms with van der Waals surface area (Å²) in [7, 11) is 0. The number of non-ortho nitro benzene ring substituents is 1. The van der Waals surface area contributed by atoms with Crippen LogP contribution >= 0.6 is 11.6 Å². The molecule has 0 aliphatic carbocycles. The van der Waals surface area contributed by atoms with Crippen molar-refractivity contribution in [3.63, 3.8) is 0 Å². The summed E-state index contributed by atoms with van der Waals surface area (Å²) in [4.78, 5) is 25.0. The van der Waals surface area contributed by atoms with Crippen LogP contribution in [0.15, 0.2) is 35.3 Å². The fourth-order valence-corrected chi connectivity index (χ4v) is 3.41. The normalized spacial score (nSPS) is 17.5. The predicted molar refractivity (Wildman–Crippen MR) is 96.7 cm³/mol. The second kappa shape index (κ2) is 7.23. The lowest BCUT2D eigenvalue weighted by Crippen LogP contribution is -2.37. The molecule has 25 heavy (non-hydrogen) atoms. The largest absolute Gasteiger partial charge is 0.369 e. The van der Waals surface area contributed by atoms with Gasteiger partial charge in [-0.25, -0.2) is 0 Å². The molecule has 1 aromatic carbocycles. The van der Waals surface area contributed by atoms with Gasteiger partial charge in [-0.2, -0.15) is 9.78 Å². The van der Waals surface area contributed by atoms with E-state index in [-0.39, 0.29) is 10.7 Å². The minimum atomic E-state index is -0.490. The van der Waals surface area contributed by atoms with Gasteiger partial charge in [-0.15, -0.1) is 0 Å². The van der Waals surface area contributed by atoms with Gasteiger partial charge < -0.3 is 4.90 Å². The molecular weight excluding hydrogens is 344 g/mol. The van der Waals surface area contributed by atoms with E-state index in [4.69, 9.17) is 11.6 Å². The summed E-state index contributed by atoms with van der Waals surface area (Å²) in [5, 5.41) is 15.1. The molecule has 1 saturated heterocycles. The second-order valence-corrected chi connectivity index (χ2v) is 6.57. The van der Waals surface area contributed by atoms with E-state index in [1.54, 1.807) is 6.20 Å². The van der Waals surface area contributed by atoms with Crippen molar-refractivity contribution >= 4 is 23.0 Å². The van der Waals surface area contributed by atoms with Crippen LogP contribution in [0.5, 0.6) is 0 Å². The Bertz CT molecular complexity index is 835. The lowest BCUT2D eigenvalue weighted by Gasteiger charge is -2.34. The molecule has 0 saturated carbocycles. The van der Waals surface area contributed by atoms with E-state index in [0.717, 1.165) is 30.6 Å². The van der Waals surface area contributed by atoms with Crippen LogP contribution in [0.1, 0.15) is 26.2 Å². The zero-order chi connectivity index (χ0) is 18.0. The van der Waals surface area contributed by atoms with Crippen LogP contribution in [-0.2, 0) is 0 Å². The minimum Gasteiger partial charge on any atom is -0.369 e. The van der Waals surface area contributed by atoms with Crippen LogP contribution in [0.2, 0.25) is 5.02 Å². The molecule has 0 bridgehead atoms. The number of hydrogen-bond acceptors (Lipinski definition) is 5. The molecule has 0 radical (unpaired) electrons. The van der Waals surface area contributed by atoms with Crippen molar-refractivity contribution < 1.29 is 4.92 Å². The highest BCUT2D eigenvalue weighted by Gasteiger charge is 2.22. The maximum atomic E-state index is 12.6. The summed E-state index contributed by atoms with van der Waals surface area (Å²) in [6.07, 6.45) is 4.96. The van der Waals surface area contributed by atoms with Gasteiger partial charge in [0.1, 0.15) is 5.02 Å². The summed E-state index contributed by atoms with van der Waals surface area (Å²) < 4.78 is 1.16. The third kappa shape index (κ3) is 3.51. The zero-order valence-electron chi connectivity index (χ0n) is 13.9. The van der Waals surface area contributed by atoms with Crippen molar-refractivity contribution in [3.05, 3.63) is 56.0 Å². The molecule has 0 amide bonds. The fraction of sp³-hybridized carbons (Fsp3) is 0.412. The standard InChI is InChI=1S/C17H19ClN4O3/c1-2-12-4-3-9-20(11-12)15-10-19-21(17(23)16(15)18)13-5-7-14(8-6-13)22(24)25/h5-8,10,12H,2-4,9,11H2,1H3. The highest BCUT2D eigenvalue weighted by atomic mass is 35.5. The van der Waals surface area contributed by atoms with Gasteiger partial charge in [0, 0.05) is 25.2 Å². The molecular formula is C17H19ClN4O3. The van der Waals surface area contributed by atoms with Gasteiger partial charge in [0.15, 0.2) is 0 Å². The van der Waals surface area contributed by atoms with Crippen LogP contribution in [0.4, 0.5) is 11.4 Å². The van der Waals surface area contributed by atoms with Crippen molar-refractivity contribution in [2.24, 2.45) is 5.92 Å². The number of benzene rings is 1. The SMILES string of the molecule is CCC1CCCN(c2cnn(-c3ccc([N+](=O)[O-])cc3)c(=O)c2Cl)C1. The first-order valence-electron chi connectivity index (χ1n) is 8.29. The van der Waals surface area contributed by atoms with Gasteiger partial charge in [0.25, 0.3) is 11.2 Å².